The summed E-state index contributed by atoms with van der Waals surface area (Å²) in [6.45, 7) is 4.59. The highest BCUT2D eigenvalue weighted by atomic mass is 32.1. The average molecular weight is 359 g/mol. The molecule has 0 radical (unpaired) electrons. The molecule has 2 N–H and O–H groups in total. The molecule has 1 aliphatic carbocycles. The molecule has 0 aliphatic heterocycles. The first-order valence-corrected chi connectivity index (χ1v) is 10.4. The van der Waals surface area contributed by atoms with Crippen molar-refractivity contribution in [2.45, 2.75) is 64.2 Å². The molecule has 0 amide bonds. The van der Waals surface area contributed by atoms with Crippen LogP contribution >= 0.6 is 11.3 Å². The number of nitrogen functional groups attached to an aromatic ring is 1. The fourth-order valence-corrected chi connectivity index (χ4v) is 4.86. The molecule has 1 aromatic carbocycles. The van der Waals surface area contributed by atoms with Crippen molar-refractivity contribution in [2.24, 2.45) is 5.92 Å². The number of hydrogen-bond donors (Lipinski definition) is 1. The number of ether oxygens (including phenoxy) is 1. The summed E-state index contributed by atoms with van der Waals surface area (Å²) in [4.78, 5) is 4.46. The van der Waals surface area contributed by atoms with Gasteiger partial charge in [0, 0.05) is 21.9 Å². The van der Waals surface area contributed by atoms with Crippen LogP contribution in [0, 0.1) is 5.92 Å². The van der Waals surface area contributed by atoms with Crippen LogP contribution < -0.4 is 10.5 Å². The maximum Gasteiger partial charge on any atom is 0.180 e. The number of anilines is 1. The van der Waals surface area contributed by atoms with Crippen molar-refractivity contribution in [3.8, 4) is 17.0 Å². The maximum absolute atomic E-state index is 5.88. The van der Waals surface area contributed by atoms with Crippen LogP contribution in [0.5, 0.6) is 5.75 Å². The number of nitrogens with two attached hydrogens (primary N) is 1. The number of unbranched alkanes of at least 4 members (excludes halogenated alkanes) is 3. The number of aromatic nitrogens is 1. The number of methoxy groups -OCH3 is 1. The summed E-state index contributed by atoms with van der Waals surface area (Å²) in [5.41, 5.74) is 9.48. The van der Waals surface area contributed by atoms with E-state index >= 15 is 0 Å². The Morgan fingerprint density at radius 1 is 1.28 bits per heavy atom. The van der Waals surface area contributed by atoms with E-state index in [2.05, 4.69) is 37.0 Å². The normalized spacial score (nSPS) is 22.1. The minimum atomic E-state index is 0.287. The fraction of sp³-hybridized carbons (Fsp3) is 0.571. The molecule has 2 unspecified atom stereocenters. The second-order valence-electron chi connectivity index (χ2n) is 7.22. The third-order valence-electron chi connectivity index (χ3n) is 5.82. The second kappa shape index (κ2) is 7.77. The summed E-state index contributed by atoms with van der Waals surface area (Å²) in [6, 6.07) is 6.50. The third-order valence-corrected chi connectivity index (χ3v) is 6.50. The van der Waals surface area contributed by atoms with E-state index in [4.69, 9.17) is 10.5 Å². The number of para-hydroxylation sites is 1. The van der Waals surface area contributed by atoms with E-state index in [1.165, 1.54) is 61.8 Å². The molecule has 1 aromatic heterocycles. The molecule has 3 nitrogen and oxygen atoms in total. The van der Waals surface area contributed by atoms with Crippen molar-refractivity contribution < 1.29 is 4.74 Å². The molecule has 1 fully saturated rings. The Hall–Kier alpha value is -1.55. The van der Waals surface area contributed by atoms with Crippen molar-refractivity contribution in [3.05, 3.63) is 29.1 Å². The molecule has 2 atom stereocenters. The third kappa shape index (κ3) is 3.55. The van der Waals surface area contributed by atoms with Gasteiger partial charge >= 0.3 is 0 Å². The van der Waals surface area contributed by atoms with Gasteiger partial charge in [-0.2, -0.15) is 0 Å². The molecule has 4 heteroatoms. The van der Waals surface area contributed by atoms with Crippen LogP contribution in [0.1, 0.15) is 64.4 Å². The van der Waals surface area contributed by atoms with Gasteiger partial charge in [0.05, 0.1) is 12.8 Å². The quantitative estimate of drug-likeness (QED) is 0.556. The smallest absolute Gasteiger partial charge is 0.180 e. The van der Waals surface area contributed by atoms with E-state index in [0.29, 0.717) is 5.13 Å². The van der Waals surface area contributed by atoms with Crippen molar-refractivity contribution >= 4 is 16.5 Å². The standard InChI is InChI=1S/C21H30N2OS/c1-4-6-7-8-10-15-13-21(15,5-2)17-12-9-11-16(19(17)24-3)18-14-25-20(22)23-18/h9,11-12,14-15H,4-8,10,13H2,1-3H3,(H2,22,23). The lowest BCUT2D eigenvalue weighted by molar-refractivity contribution is 0.399. The average Bonchev–Trinajstić information content (AvgIpc) is 3.19. The molecular weight excluding hydrogens is 328 g/mol. The molecule has 136 valence electrons. The summed E-state index contributed by atoms with van der Waals surface area (Å²) >= 11 is 1.48. The maximum atomic E-state index is 5.88. The zero-order valence-electron chi connectivity index (χ0n) is 15.7. The van der Waals surface area contributed by atoms with E-state index < -0.39 is 0 Å². The second-order valence-corrected chi connectivity index (χ2v) is 8.11. The Labute approximate surface area is 155 Å². The number of benzene rings is 1. The molecule has 1 heterocycles. The van der Waals surface area contributed by atoms with Gasteiger partial charge in [-0.3, -0.25) is 0 Å². The fourth-order valence-electron chi connectivity index (χ4n) is 4.29. The zero-order valence-corrected chi connectivity index (χ0v) is 16.5. The van der Waals surface area contributed by atoms with Crippen LogP contribution in [0.15, 0.2) is 23.6 Å². The molecule has 0 saturated heterocycles. The molecular formula is C21H30N2OS. The summed E-state index contributed by atoms with van der Waals surface area (Å²) in [7, 11) is 1.78. The van der Waals surface area contributed by atoms with E-state index in [0.717, 1.165) is 22.9 Å². The summed E-state index contributed by atoms with van der Waals surface area (Å²) in [5.74, 6) is 1.78. The molecule has 0 spiro atoms. The summed E-state index contributed by atoms with van der Waals surface area (Å²) in [5, 5.41) is 2.62. The van der Waals surface area contributed by atoms with Gasteiger partial charge in [0.15, 0.2) is 5.13 Å². The largest absolute Gasteiger partial charge is 0.496 e. The van der Waals surface area contributed by atoms with Gasteiger partial charge in [0.1, 0.15) is 5.75 Å². The summed E-state index contributed by atoms with van der Waals surface area (Å²) < 4.78 is 5.88. The lowest BCUT2D eigenvalue weighted by atomic mass is 9.86. The Bertz CT molecular complexity index is 712. The van der Waals surface area contributed by atoms with Crippen LogP contribution in [0.4, 0.5) is 5.13 Å². The Balaban J connectivity index is 1.86. The van der Waals surface area contributed by atoms with Gasteiger partial charge < -0.3 is 10.5 Å². The number of nitrogens with zero attached hydrogens (tertiary/aromatic N) is 1. The molecule has 25 heavy (non-hydrogen) atoms. The highest BCUT2D eigenvalue weighted by Gasteiger charge is 2.54. The van der Waals surface area contributed by atoms with Crippen LogP contribution in [-0.4, -0.2) is 12.1 Å². The van der Waals surface area contributed by atoms with E-state index in [9.17, 15) is 0 Å². The van der Waals surface area contributed by atoms with Crippen LogP contribution in [0.2, 0.25) is 0 Å². The van der Waals surface area contributed by atoms with Crippen molar-refractivity contribution in [2.75, 3.05) is 12.8 Å². The molecule has 3 rings (SSSR count). The first kappa shape index (κ1) is 18.2. The van der Waals surface area contributed by atoms with Crippen molar-refractivity contribution in [1.29, 1.82) is 0 Å². The Morgan fingerprint density at radius 2 is 2.12 bits per heavy atom. The van der Waals surface area contributed by atoms with Crippen LogP contribution in [0.3, 0.4) is 0 Å². The first-order valence-electron chi connectivity index (χ1n) is 9.55. The van der Waals surface area contributed by atoms with Gasteiger partial charge in [-0.15, -0.1) is 11.3 Å². The van der Waals surface area contributed by atoms with Gasteiger partial charge in [0.25, 0.3) is 0 Å². The van der Waals surface area contributed by atoms with Gasteiger partial charge in [0.2, 0.25) is 0 Å². The van der Waals surface area contributed by atoms with E-state index in [-0.39, 0.29) is 5.41 Å². The lowest BCUT2D eigenvalue weighted by Gasteiger charge is -2.21. The molecule has 0 bridgehead atoms. The number of hydrogen-bond acceptors (Lipinski definition) is 4. The minimum Gasteiger partial charge on any atom is -0.496 e. The lowest BCUT2D eigenvalue weighted by Crippen LogP contribution is -2.11. The van der Waals surface area contributed by atoms with Crippen LogP contribution in [0.25, 0.3) is 11.3 Å². The summed E-state index contributed by atoms with van der Waals surface area (Å²) in [6.07, 6.45) is 9.17. The van der Waals surface area contributed by atoms with Crippen molar-refractivity contribution in [3.63, 3.8) is 0 Å². The minimum absolute atomic E-state index is 0.287. The van der Waals surface area contributed by atoms with Gasteiger partial charge in [-0.25, -0.2) is 4.98 Å². The Morgan fingerprint density at radius 3 is 2.76 bits per heavy atom. The molecule has 2 aromatic rings. The molecule has 1 aliphatic rings. The zero-order chi connectivity index (χ0) is 17.9. The highest BCUT2D eigenvalue weighted by molar-refractivity contribution is 7.13. The number of thiazole rings is 1. The predicted molar refractivity (Wildman–Crippen MR) is 107 cm³/mol. The SMILES string of the molecule is CCCCCCC1CC1(CC)c1cccc(-c2csc(N)n2)c1OC. The van der Waals surface area contributed by atoms with E-state index in [1.54, 1.807) is 7.11 Å². The van der Waals surface area contributed by atoms with Gasteiger partial charge in [-0.05, 0) is 31.2 Å². The monoisotopic (exact) mass is 358 g/mol. The predicted octanol–water partition coefficient (Wildman–Crippen LogP) is 6.04. The van der Waals surface area contributed by atoms with Crippen LogP contribution in [-0.2, 0) is 5.41 Å². The Kier molecular flexibility index (Phi) is 5.67. The highest BCUT2D eigenvalue weighted by Crippen LogP contribution is 2.61. The number of rotatable bonds is 9. The first-order chi connectivity index (χ1) is 12.2. The van der Waals surface area contributed by atoms with E-state index in [1.807, 2.05) is 5.38 Å². The van der Waals surface area contributed by atoms with Gasteiger partial charge in [-0.1, -0.05) is 51.7 Å². The topological polar surface area (TPSA) is 48.1 Å². The molecule has 1 saturated carbocycles. The van der Waals surface area contributed by atoms with Crippen molar-refractivity contribution in [1.82, 2.24) is 4.98 Å².